The molecule has 44 heavy (non-hydrogen) atoms. The summed E-state index contributed by atoms with van der Waals surface area (Å²) in [5, 5.41) is 0. The van der Waals surface area contributed by atoms with Crippen molar-refractivity contribution in [3.8, 4) is 0 Å². The van der Waals surface area contributed by atoms with Crippen molar-refractivity contribution >= 4 is 0 Å². The summed E-state index contributed by atoms with van der Waals surface area (Å²) in [6.07, 6.45) is 20.5. The predicted octanol–water partition coefficient (Wildman–Crippen LogP) is 15.4. The first kappa shape index (κ1) is 42.0. The molecule has 0 aromatic carbocycles. The molecule has 0 aromatic heterocycles. The Hall–Kier alpha value is 0. The van der Waals surface area contributed by atoms with Crippen LogP contribution in [0.1, 0.15) is 215 Å². The molecule has 4 rings (SSSR count). The van der Waals surface area contributed by atoms with E-state index in [2.05, 4.69) is 125 Å². The average Bonchev–Trinajstić information content (AvgIpc) is 3.56. The molecule has 0 bridgehead atoms. The summed E-state index contributed by atoms with van der Waals surface area (Å²) in [5.74, 6) is 5.29. The summed E-state index contributed by atoms with van der Waals surface area (Å²) in [4.78, 5) is 0. The van der Waals surface area contributed by atoms with Gasteiger partial charge in [0.15, 0.2) is 0 Å². The highest BCUT2D eigenvalue weighted by Crippen LogP contribution is 2.67. The molecule has 0 atom stereocenters. The van der Waals surface area contributed by atoms with Gasteiger partial charge in [0.2, 0.25) is 0 Å². The molecule has 0 spiro atoms. The molecule has 0 radical (unpaired) electrons. The van der Waals surface area contributed by atoms with Crippen molar-refractivity contribution < 1.29 is 0 Å². The quantitative estimate of drug-likeness (QED) is 0.278. The van der Waals surface area contributed by atoms with Crippen molar-refractivity contribution in [2.24, 2.45) is 68.0 Å². The number of hydrogen-bond donors (Lipinski definition) is 0. The Bertz CT molecular complexity index is 723. The standard InChI is InChI=1S/C12H24.2C11H22.C10H20/c1-10(2)12(11(3)4)8-6-5-7-9-12;1-9(2,3)11(7-8-11)10(4,5)6;1-9(2)11(10(3)4)7-5-6-8-11;1-8(2)10(9(3)4)6-5-7-10/h10-11H,5-9H2,1-4H3;7-8H2,1-6H3;9-10H,5-8H2,1-4H3;8-9H,5-7H2,1-4H3. The average molecular weight is 617 g/mol. The third-order valence-electron chi connectivity index (χ3n) is 15.1. The van der Waals surface area contributed by atoms with Crippen molar-refractivity contribution in [2.75, 3.05) is 0 Å². The van der Waals surface area contributed by atoms with E-state index in [0.29, 0.717) is 27.1 Å². The van der Waals surface area contributed by atoms with E-state index in [0.717, 1.165) is 40.9 Å². The van der Waals surface area contributed by atoms with E-state index in [1.54, 1.807) is 0 Å². The minimum Gasteiger partial charge on any atom is -0.0622 e. The fourth-order valence-corrected chi connectivity index (χ4v) is 11.0. The van der Waals surface area contributed by atoms with Gasteiger partial charge >= 0.3 is 0 Å². The van der Waals surface area contributed by atoms with Gasteiger partial charge in [-0.05, 0) is 119 Å². The van der Waals surface area contributed by atoms with Gasteiger partial charge in [0.25, 0.3) is 0 Å². The van der Waals surface area contributed by atoms with Gasteiger partial charge in [-0.2, -0.15) is 0 Å². The first-order valence-corrected chi connectivity index (χ1v) is 20.0. The summed E-state index contributed by atoms with van der Waals surface area (Å²) < 4.78 is 0. The van der Waals surface area contributed by atoms with Crippen molar-refractivity contribution in [1.29, 1.82) is 0 Å². The molecule has 0 unspecified atom stereocenters. The smallest absolute Gasteiger partial charge is 0.0200 e. The van der Waals surface area contributed by atoms with E-state index >= 15 is 0 Å². The zero-order chi connectivity index (χ0) is 34.4. The Kier molecular flexibility index (Phi) is 15.7. The zero-order valence-corrected chi connectivity index (χ0v) is 34.4. The fourth-order valence-electron chi connectivity index (χ4n) is 11.0. The maximum absolute atomic E-state index is 2.41. The largest absolute Gasteiger partial charge is 0.0622 e. The van der Waals surface area contributed by atoms with Crippen molar-refractivity contribution in [3.05, 3.63) is 0 Å². The third kappa shape index (κ3) is 9.55. The maximum Gasteiger partial charge on any atom is -0.0200 e. The number of hydrogen-bond acceptors (Lipinski definition) is 0. The summed E-state index contributed by atoms with van der Waals surface area (Å²) in [7, 11) is 0. The molecule has 4 saturated carbocycles. The fraction of sp³-hybridized carbons (Fsp3) is 1.00. The molecule has 0 heteroatoms. The topological polar surface area (TPSA) is 0 Å². The second-order valence-electron chi connectivity index (χ2n) is 20.3. The first-order chi connectivity index (χ1) is 20.0. The molecule has 0 aliphatic heterocycles. The summed E-state index contributed by atoms with van der Waals surface area (Å²) in [6, 6.07) is 0. The molecule has 0 nitrogen and oxygen atoms in total. The van der Waals surface area contributed by atoms with Gasteiger partial charge in [0.1, 0.15) is 0 Å². The lowest BCUT2D eigenvalue weighted by atomic mass is 9.56. The van der Waals surface area contributed by atoms with Crippen LogP contribution >= 0.6 is 0 Å². The Morgan fingerprint density at radius 1 is 0.295 bits per heavy atom. The molecule has 4 aliphatic carbocycles. The van der Waals surface area contributed by atoms with E-state index in [-0.39, 0.29) is 0 Å². The van der Waals surface area contributed by atoms with Crippen LogP contribution in [0, 0.1) is 68.0 Å². The van der Waals surface area contributed by atoms with Crippen LogP contribution in [0.2, 0.25) is 0 Å². The third-order valence-corrected chi connectivity index (χ3v) is 15.1. The Labute approximate surface area is 281 Å². The molecule has 4 aliphatic rings. The molecule has 0 saturated heterocycles. The van der Waals surface area contributed by atoms with Gasteiger partial charge in [-0.3, -0.25) is 0 Å². The first-order valence-electron chi connectivity index (χ1n) is 20.0. The normalized spacial score (nSPS) is 23.5. The summed E-state index contributed by atoms with van der Waals surface area (Å²) in [5.41, 5.74) is 3.70. The van der Waals surface area contributed by atoms with Gasteiger partial charge in [-0.25, -0.2) is 0 Å². The minimum atomic E-state index is 0.491. The molecule has 0 aromatic rings. The molecular weight excluding hydrogens is 528 g/mol. The SMILES string of the molecule is CC(C)(C)C1(C(C)(C)C)CC1.CC(C)C1(C(C)C)CCC1.CC(C)C1(C(C)C)CCCC1.CC(C)C1(C(C)C)CCCCC1. The van der Waals surface area contributed by atoms with Crippen LogP contribution in [0.25, 0.3) is 0 Å². The van der Waals surface area contributed by atoms with Gasteiger partial charge < -0.3 is 0 Å². The monoisotopic (exact) mass is 617 g/mol. The van der Waals surface area contributed by atoms with Gasteiger partial charge in [-0.15, -0.1) is 0 Å². The number of rotatable bonds is 6. The molecule has 4 fully saturated rings. The Morgan fingerprint density at radius 3 is 0.591 bits per heavy atom. The summed E-state index contributed by atoms with van der Waals surface area (Å²) >= 11 is 0. The second-order valence-corrected chi connectivity index (χ2v) is 20.3. The van der Waals surface area contributed by atoms with E-state index in [9.17, 15) is 0 Å². The van der Waals surface area contributed by atoms with Crippen LogP contribution in [-0.2, 0) is 0 Å². The molecular formula is C44H88. The lowest BCUT2D eigenvalue weighted by Crippen LogP contribution is -2.39. The minimum absolute atomic E-state index is 0.491. The highest BCUT2D eigenvalue weighted by molar-refractivity contribution is 5.08. The predicted molar refractivity (Wildman–Crippen MR) is 202 cm³/mol. The molecule has 0 amide bonds. The zero-order valence-electron chi connectivity index (χ0n) is 34.4. The molecule has 264 valence electrons. The van der Waals surface area contributed by atoms with Crippen LogP contribution in [0.5, 0.6) is 0 Å². The molecule has 0 N–H and O–H groups in total. The summed E-state index contributed by atoms with van der Waals surface area (Å²) in [6.45, 7) is 43.0. The highest BCUT2D eigenvalue weighted by Gasteiger charge is 2.58. The van der Waals surface area contributed by atoms with Gasteiger partial charge in [0.05, 0.1) is 0 Å². The Balaban J connectivity index is 0.000000294. The Morgan fingerprint density at radius 2 is 0.500 bits per heavy atom. The van der Waals surface area contributed by atoms with E-state index in [1.165, 1.54) is 89.9 Å². The van der Waals surface area contributed by atoms with Crippen LogP contribution in [0.15, 0.2) is 0 Å². The van der Waals surface area contributed by atoms with Crippen LogP contribution in [-0.4, -0.2) is 0 Å². The van der Waals surface area contributed by atoms with Crippen molar-refractivity contribution in [3.63, 3.8) is 0 Å². The second kappa shape index (κ2) is 16.4. The van der Waals surface area contributed by atoms with Crippen molar-refractivity contribution in [2.45, 2.75) is 215 Å². The van der Waals surface area contributed by atoms with Crippen LogP contribution in [0.3, 0.4) is 0 Å². The molecule has 0 heterocycles. The van der Waals surface area contributed by atoms with Crippen LogP contribution < -0.4 is 0 Å². The maximum atomic E-state index is 2.41. The van der Waals surface area contributed by atoms with Gasteiger partial charge in [-0.1, -0.05) is 163 Å². The lowest BCUT2D eigenvalue weighted by molar-refractivity contribution is 0.0135. The van der Waals surface area contributed by atoms with E-state index in [1.807, 2.05) is 0 Å². The lowest BCUT2D eigenvalue weighted by Gasteiger charge is -2.49. The van der Waals surface area contributed by atoms with E-state index in [4.69, 9.17) is 0 Å². The van der Waals surface area contributed by atoms with Crippen LogP contribution in [0.4, 0.5) is 0 Å². The highest BCUT2D eigenvalue weighted by atomic mass is 14.6. The van der Waals surface area contributed by atoms with E-state index < -0.39 is 0 Å². The van der Waals surface area contributed by atoms with Gasteiger partial charge in [0, 0.05) is 0 Å². The van der Waals surface area contributed by atoms with Crippen molar-refractivity contribution in [1.82, 2.24) is 0 Å².